The first kappa shape index (κ1) is 18.0. The van der Waals surface area contributed by atoms with Crippen molar-refractivity contribution in [3.05, 3.63) is 12.2 Å². The van der Waals surface area contributed by atoms with Crippen molar-refractivity contribution in [3.8, 4) is 17.5 Å². The lowest BCUT2D eigenvalue weighted by molar-refractivity contribution is 0.837. The maximum absolute atomic E-state index is 8.55. The highest BCUT2D eigenvalue weighted by atomic mass is 28.3. The normalized spacial score (nSPS) is 11.4. The molecule has 0 saturated carbocycles. The molecule has 0 spiro atoms. The number of unbranched alkanes of at least 4 members (excludes halogenated alkanes) is 1. The van der Waals surface area contributed by atoms with E-state index in [0.717, 1.165) is 18.4 Å². The van der Waals surface area contributed by atoms with Gasteiger partial charge in [-0.2, -0.15) is 5.26 Å². The Kier molecular flexibility index (Phi) is 7.80. The van der Waals surface area contributed by atoms with E-state index in [4.69, 9.17) is 5.26 Å². The van der Waals surface area contributed by atoms with Gasteiger partial charge in [0, 0.05) is 6.42 Å². The van der Waals surface area contributed by atoms with Crippen molar-refractivity contribution < 1.29 is 0 Å². The molecule has 0 fully saturated rings. The fourth-order valence-electron chi connectivity index (χ4n) is 3.07. The van der Waals surface area contributed by atoms with Gasteiger partial charge in [-0.25, -0.2) is 0 Å². The van der Waals surface area contributed by atoms with Crippen LogP contribution in [-0.2, 0) is 0 Å². The molecule has 106 valence electrons. The van der Waals surface area contributed by atoms with E-state index in [0.29, 0.717) is 23.0 Å². The summed E-state index contributed by atoms with van der Waals surface area (Å²) in [6.45, 7) is 18.0. The molecule has 0 heterocycles. The Hall–Kier alpha value is -0.993. The van der Waals surface area contributed by atoms with Gasteiger partial charge in [0.15, 0.2) is 0 Å². The van der Waals surface area contributed by atoms with Gasteiger partial charge in [-0.05, 0) is 35.0 Å². The van der Waals surface area contributed by atoms with Crippen LogP contribution < -0.4 is 0 Å². The molecule has 0 rings (SSSR count). The van der Waals surface area contributed by atoms with Crippen LogP contribution in [0.3, 0.4) is 0 Å². The maximum Gasteiger partial charge on any atom is 0.146 e. The molecule has 2 heteroatoms. The Morgan fingerprint density at radius 3 is 1.89 bits per heavy atom. The number of rotatable bonds is 6. The van der Waals surface area contributed by atoms with E-state index in [1.54, 1.807) is 0 Å². The van der Waals surface area contributed by atoms with Crippen LogP contribution in [0, 0.1) is 22.8 Å². The molecule has 0 atom stereocenters. The van der Waals surface area contributed by atoms with Crippen molar-refractivity contribution in [2.75, 3.05) is 0 Å². The molecule has 19 heavy (non-hydrogen) atoms. The van der Waals surface area contributed by atoms with Gasteiger partial charge in [0.1, 0.15) is 8.07 Å². The third-order valence-electron chi connectivity index (χ3n) is 4.09. The zero-order valence-corrected chi connectivity index (χ0v) is 14.5. The predicted octanol–water partition coefficient (Wildman–Crippen LogP) is 5.46. The second-order valence-electron chi connectivity index (χ2n) is 6.26. The van der Waals surface area contributed by atoms with Crippen molar-refractivity contribution >= 4 is 8.07 Å². The molecule has 0 aliphatic carbocycles. The average molecular weight is 276 g/mol. The SMILES string of the molecule is C=C(C#C[Si](C(C)C)(C(C)C)C(C)C)CCCC#N. The molecule has 0 aromatic rings. The van der Waals surface area contributed by atoms with Gasteiger partial charge < -0.3 is 0 Å². The maximum atomic E-state index is 8.55. The van der Waals surface area contributed by atoms with Crippen LogP contribution in [-0.4, -0.2) is 8.07 Å². The molecule has 0 aliphatic rings. The van der Waals surface area contributed by atoms with Crippen molar-refractivity contribution in [2.24, 2.45) is 0 Å². The number of hydrogen-bond acceptors (Lipinski definition) is 1. The first-order valence-electron chi connectivity index (χ1n) is 7.36. The highest BCUT2D eigenvalue weighted by molar-refractivity contribution is 6.90. The largest absolute Gasteiger partial charge is 0.198 e. The van der Waals surface area contributed by atoms with Crippen LogP contribution in [0.2, 0.25) is 16.6 Å². The highest BCUT2D eigenvalue weighted by Gasteiger charge is 2.41. The third kappa shape index (κ3) is 4.88. The summed E-state index contributed by atoms with van der Waals surface area (Å²) in [7, 11) is -1.62. The van der Waals surface area contributed by atoms with Crippen LogP contribution in [0.15, 0.2) is 12.2 Å². The first-order valence-corrected chi connectivity index (χ1v) is 9.60. The van der Waals surface area contributed by atoms with E-state index in [2.05, 4.69) is 65.7 Å². The molecule has 0 radical (unpaired) electrons. The van der Waals surface area contributed by atoms with E-state index in [9.17, 15) is 0 Å². The Bertz CT molecular complexity index is 366. The van der Waals surface area contributed by atoms with Crippen LogP contribution >= 0.6 is 0 Å². The topological polar surface area (TPSA) is 23.8 Å². The first-order chi connectivity index (χ1) is 8.78. The molecule has 0 aromatic carbocycles. The third-order valence-corrected chi connectivity index (χ3v) is 10.4. The van der Waals surface area contributed by atoms with E-state index in [1.807, 2.05) is 0 Å². The quantitative estimate of drug-likeness (QED) is 0.359. The molecule has 0 N–H and O–H groups in total. The monoisotopic (exact) mass is 275 g/mol. The van der Waals surface area contributed by atoms with Crippen molar-refractivity contribution in [1.29, 1.82) is 5.26 Å². The van der Waals surface area contributed by atoms with Crippen molar-refractivity contribution in [1.82, 2.24) is 0 Å². The molecule has 0 aliphatic heterocycles. The zero-order valence-electron chi connectivity index (χ0n) is 13.5. The van der Waals surface area contributed by atoms with Gasteiger partial charge >= 0.3 is 0 Å². The summed E-state index contributed by atoms with van der Waals surface area (Å²) in [5, 5.41) is 8.55. The van der Waals surface area contributed by atoms with Crippen LogP contribution in [0.25, 0.3) is 0 Å². The Morgan fingerprint density at radius 2 is 1.53 bits per heavy atom. The standard InChI is InChI=1S/C17H29NSi/c1-14(2)19(15(3)4,16(5)6)13-11-17(7)10-8-9-12-18/h14-16H,7-10H2,1-6H3. The Balaban J connectivity index is 5.05. The zero-order chi connectivity index (χ0) is 15.1. The summed E-state index contributed by atoms with van der Waals surface area (Å²) >= 11 is 0. The Labute approximate surface area is 121 Å². The van der Waals surface area contributed by atoms with Gasteiger partial charge in [0.05, 0.1) is 6.07 Å². The van der Waals surface area contributed by atoms with Crippen LogP contribution in [0.1, 0.15) is 60.8 Å². The van der Waals surface area contributed by atoms with E-state index >= 15 is 0 Å². The van der Waals surface area contributed by atoms with Gasteiger partial charge in [-0.1, -0.05) is 54.0 Å². The Morgan fingerprint density at radius 1 is 1.05 bits per heavy atom. The lowest BCUT2D eigenvalue weighted by atomic mass is 10.1. The minimum atomic E-state index is -1.62. The van der Waals surface area contributed by atoms with Gasteiger partial charge in [0.25, 0.3) is 0 Å². The van der Waals surface area contributed by atoms with Gasteiger partial charge in [-0.15, -0.1) is 5.54 Å². The summed E-state index contributed by atoms with van der Waals surface area (Å²) in [5.41, 5.74) is 6.64. The summed E-state index contributed by atoms with van der Waals surface area (Å²) in [5.74, 6) is 3.33. The number of nitrogens with zero attached hydrogens (tertiary/aromatic N) is 1. The van der Waals surface area contributed by atoms with E-state index < -0.39 is 8.07 Å². The lowest BCUT2D eigenvalue weighted by Gasteiger charge is -2.38. The van der Waals surface area contributed by atoms with Gasteiger partial charge in [0.2, 0.25) is 0 Å². The molecule has 0 bridgehead atoms. The molecular formula is C17H29NSi. The molecule has 0 saturated heterocycles. The minimum Gasteiger partial charge on any atom is -0.198 e. The smallest absolute Gasteiger partial charge is 0.146 e. The highest BCUT2D eigenvalue weighted by Crippen LogP contribution is 2.40. The lowest BCUT2D eigenvalue weighted by Crippen LogP contribution is -2.43. The summed E-state index contributed by atoms with van der Waals surface area (Å²) in [6.07, 6.45) is 2.34. The second-order valence-corrected chi connectivity index (χ2v) is 11.8. The fourth-order valence-corrected chi connectivity index (χ4v) is 8.33. The fraction of sp³-hybridized carbons (Fsp3) is 0.706. The van der Waals surface area contributed by atoms with Crippen molar-refractivity contribution in [3.63, 3.8) is 0 Å². The molecular weight excluding hydrogens is 246 g/mol. The van der Waals surface area contributed by atoms with E-state index in [1.165, 1.54) is 0 Å². The van der Waals surface area contributed by atoms with Crippen LogP contribution in [0.5, 0.6) is 0 Å². The number of hydrogen-bond donors (Lipinski definition) is 0. The molecule has 0 aromatic heterocycles. The number of nitriles is 1. The van der Waals surface area contributed by atoms with Crippen molar-refractivity contribution in [2.45, 2.75) is 77.4 Å². The summed E-state index contributed by atoms with van der Waals surface area (Å²) in [4.78, 5) is 0. The molecule has 1 nitrogen and oxygen atoms in total. The summed E-state index contributed by atoms with van der Waals surface area (Å²) < 4.78 is 0. The van der Waals surface area contributed by atoms with Crippen LogP contribution in [0.4, 0.5) is 0 Å². The van der Waals surface area contributed by atoms with E-state index in [-0.39, 0.29) is 0 Å². The second kappa shape index (κ2) is 8.23. The summed E-state index contributed by atoms with van der Waals surface area (Å²) in [6, 6.07) is 2.17. The molecule has 0 unspecified atom stereocenters. The predicted molar refractivity (Wildman–Crippen MR) is 87.4 cm³/mol. The minimum absolute atomic E-state index is 0.599. The van der Waals surface area contributed by atoms with Gasteiger partial charge in [-0.3, -0.25) is 0 Å². The number of allylic oxidation sites excluding steroid dienone is 1. The average Bonchev–Trinajstić information content (AvgIpc) is 2.28. The molecule has 0 amide bonds.